The van der Waals surface area contributed by atoms with Crippen LogP contribution in [0.1, 0.15) is 10.4 Å². The van der Waals surface area contributed by atoms with Crippen LogP contribution in [0.5, 0.6) is 0 Å². The molecule has 0 aliphatic rings. The SMILES string of the molecule is O=C(O)c1ccc(Br)cc1Sc1nccs1. The van der Waals surface area contributed by atoms with Crippen molar-refractivity contribution in [3.63, 3.8) is 0 Å². The fourth-order valence-corrected chi connectivity index (χ4v) is 3.37. The molecule has 0 radical (unpaired) electrons. The van der Waals surface area contributed by atoms with Crippen molar-refractivity contribution >= 4 is 45.0 Å². The number of hydrogen-bond donors (Lipinski definition) is 1. The van der Waals surface area contributed by atoms with E-state index < -0.39 is 5.97 Å². The molecule has 0 saturated heterocycles. The Kier molecular flexibility index (Phi) is 3.63. The molecule has 3 nitrogen and oxygen atoms in total. The summed E-state index contributed by atoms with van der Waals surface area (Å²) in [4.78, 5) is 15.8. The van der Waals surface area contributed by atoms with Crippen LogP contribution in [0.25, 0.3) is 0 Å². The minimum absolute atomic E-state index is 0.295. The Morgan fingerprint density at radius 1 is 1.50 bits per heavy atom. The average Bonchev–Trinajstić information content (AvgIpc) is 2.70. The first-order chi connectivity index (χ1) is 7.66. The van der Waals surface area contributed by atoms with Gasteiger partial charge >= 0.3 is 5.97 Å². The number of rotatable bonds is 3. The summed E-state index contributed by atoms with van der Waals surface area (Å²) in [6.07, 6.45) is 1.70. The Bertz CT molecular complexity index is 514. The van der Waals surface area contributed by atoms with Crippen LogP contribution in [0, 0.1) is 0 Å². The fraction of sp³-hybridized carbons (Fsp3) is 0. The molecular weight excluding hydrogens is 310 g/mol. The van der Waals surface area contributed by atoms with Crippen LogP contribution < -0.4 is 0 Å². The van der Waals surface area contributed by atoms with Gasteiger partial charge < -0.3 is 5.11 Å². The Morgan fingerprint density at radius 3 is 2.94 bits per heavy atom. The van der Waals surface area contributed by atoms with E-state index in [-0.39, 0.29) is 0 Å². The summed E-state index contributed by atoms with van der Waals surface area (Å²) in [5.41, 5.74) is 0.295. The van der Waals surface area contributed by atoms with Crippen LogP contribution in [-0.4, -0.2) is 16.1 Å². The van der Waals surface area contributed by atoms with Gasteiger partial charge in [-0.2, -0.15) is 0 Å². The van der Waals surface area contributed by atoms with Crippen LogP contribution in [0.3, 0.4) is 0 Å². The van der Waals surface area contributed by atoms with Gasteiger partial charge in [-0.1, -0.05) is 27.7 Å². The lowest BCUT2D eigenvalue weighted by Gasteiger charge is -2.03. The van der Waals surface area contributed by atoms with Crippen molar-refractivity contribution in [2.24, 2.45) is 0 Å². The topological polar surface area (TPSA) is 50.2 Å². The predicted molar refractivity (Wildman–Crippen MR) is 67.3 cm³/mol. The number of thiazole rings is 1. The van der Waals surface area contributed by atoms with Gasteiger partial charge in [0, 0.05) is 20.9 Å². The van der Waals surface area contributed by atoms with Crippen LogP contribution in [0.15, 0.2) is 43.5 Å². The Balaban J connectivity index is 2.38. The number of halogens is 1. The van der Waals surface area contributed by atoms with Crippen molar-refractivity contribution in [3.8, 4) is 0 Å². The lowest BCUT2D eigenvalue weighted by Crippen LogP contribution is -1.98. The van der Waals surface area contributed by atoms with E-state index in [1.165, 1.54) is 23.1 Å². The number of carbonyl (C=O) groups is 1. The quantitative estimate of drug-likeness (QED) is 0.937. The number of carboxylic acid groups (broad SMARTS) is 1. The lowest BCUT2D eigenvalue weighted by molar-refractivity contribution is 0.0693. The summed E-state index contributed by atoms with van der Waals surface area (Å²) in [6, 6.07) is 5.09. The summed E-state index contributed by atoms with van der Waals surface area (Å²) < 4.78 is 1.69. The molecule has 0 fully saturated rings. The van der Waals surface area contributed by atoms with Gasteiger partial charge in [0.2, 0.25) is 0 Å². The van der Waals surface area contributed by atoms with Gasteiger partial charge in [0.1, 0.15) is 0 Å². The molecule has 0 aliphatic carbocycles. The second kappa shape index (κ2) is 4.99. The third kappa shape index (κ3) is 2.63. The Labute approximate surface area is 109 Å². The summed E-state index contributed by atoms with van der Waals surface area (Å²) in [5.74, 6) is -0.924. The Morgan fingerprint density at radius 2 is 2.31 bits per heavy atom. The average molecular weight is 316 g/mol. The summed E-state index contributed by atoms with van der Waals surface area (Å²) in [7, 11) is 0. The molecule has 0 spiro atoms. The molecule has 6 heteroatoms. The molecule has 1 N–H and O–H groups in total. The maximum atomic E-state index is 11.0. The third-order valence-electron chi connectivity index (χ3n) is 1.78. The minimum Gasteiger partial charge on any atom is -0.478 e. The normalized spacial score (nSPS) is 10.3. The molecule has 0 bridgehead atoms. The predicted octanol–water partition coefficient (Wildman–Crippen LogP) is 3.76. The van der Waals surface area contributed by atoms with Crippen molar-refractivity contribution in [2.45, 2.75) is 9.24 Å². The molecule has 0 aliphatic heterocycles. The molecule has 0 atom stereocenters. The molecule has 1 aromatic carbocycles. The van der Waals surface area contributed by atoms with E-state index >= 15 is 0 Å². The van der Waals surface area contributed by atoms with E-state index in [0.29, 0.717) is 10.5 Å². The number of aromatic nitrogens is 1. The summed E-state index contributed by atoms with van der Waals surface area (Å²) in [6.45, 7) is 0. The molecular formula is C10H6BrNO2S2. The number of carboxylic acids is 1. The maximum absolute atomic E-state index is 11.0. The fourth-order valence-electron chi connectivity index (χ4n) is 1.11. The van der Waals surface area contributed by atoms with E-state index in [4.69, 9.17) is 5.11 Å². The van der Waals surface area contributed by atoms with Crippen molar-refractivity contribution < 1.29 is 9.90 Å². The second-order valence-corrected chi connectivity index (χ2v) is 5.95. The molecule has 1 heterocycles. The van der Waals surface area contributed by atoms with Crippen molar-refractivity contribution in [3.05, 3.63) is 39.8 Å². The zero-order chi connectivity index (χ0) is 11.5. The van der Waals surface area contributed by atoms with Crippen molar-refractivity contribution in [2.75, 3.05) is 0 Å². The van der Waals surface area contributed by atoms with Crippen molar-refractivity contribution in [1.29, 1.82) is 0 Å². The first-order valence-corrected chi connectivity index (χ1v) is 6.76. The first-order valence-electron chi connectivity index (χ1n) is 4.27. The molecule has 1 aromatic heterocycles. The molecule has 0 saturated carbocycles. The van der Waals surface area contributed by atoms with Crippen LogP contribution in [0.4, 0.5) is 0 Å². The molecule has 2 aromatic rings. The largest absolute Gasteiger partial charge is 0.478 e. The van der Waals surface area contributed by atoms with E-state index in [1.54, 1.807) is 24.4 Å². The van der Waals surface area contributed by atoms with Crippen molar-refractivity contribution in [1.82, 2.24) is 4.98 Å². The highest BCUT2D eigenvalue weighted by atomic mass is 79.9. The lowest BCUT2D eigenvalue weighted by atomic mass is 10.2. The van der Waals surface area contributed by atoms with E-state index in [9.17, 15) is 4.79 Å². The molecule has 82 valence electrons. The summed E-state index contributed by atoms with van der Waals surface area (Å²) >= 11 is 6.17. The second-order valence-electron chi connectivity index (χ2n) is 2.85. The molecule has 16 heavy (non-hydrogen) atoms. The smallest absolute Gasteiger partial charge is 0.336 e. The maximum Gasteiger partial charge on any atom is 0.336 e. The van der Waals surface area contributed by atoms with Crippen LogP contribution in [-0.2, 0) is 0 Å². The Hall–Kier alpha value is -0.850. The summed E-state index contributed by atoms with van der Waals surface area (Å²) in [5, 5.41) is 10.9. The minimum atomic E-state index is -0.924. The van der Waals surface area contributed by atoms with Crippen LogP contribution in [0.2, 0.25) is 0 Å². The zero-order valence-corrected chi connectivity index (χ0v) is 11.1. The monoisotopic (exact) mass is 315 g/mol. The van der Waals surface area contributed by atoms with E-state index in [2.05, 4.69) is 20.9 Å². The highest BCUT2D eigenvalue weighted by Gasteiger charge is 2.12. The van der Waals surface area contributed by atoms with Gasteiger partial charge in [0.15, 0.2) is 4.34 Å². The van der Waals surface area contributed by atoms with Gasteiger partial charge in [0.05, 0.1) is 5.56 Å². The zero-order valence-electron chi connectivity index (χ0n) is 7.88. The standard InChI is InChI=1S/C10H6BrNO2S2/c11-6-1-2-7(9(13)14)8(5-6)16-10-12-3-4-15-10/h1-5H,(H,13,14). The van der Waals surface area contributed by atoms with Gasteiger partial charge in [-0.05, 0) is 18.2 Å². The number of hydrogen-bond acceptors (Lipinski definition) is 4. The number of aromatic carboxylic acids is 1. The first kappa shape index (κ1) is 11.6. The van der Waals surface area contributed by atoms with Crippen LogP contribution >= 0.6 is 39.0 Å². The van der Waals surface area contributed by atoms with Gasteiger partial charge in [-0.3, -0.25) is 0 Å². The van der Waals surface area contributed by atoms with E-state index in [1.807, 2.05) is 5.38 Å². The number of benzene rings is 1. The van der Waals surface area contributed by atoms with Gasteiger partial charge in [0.25, 0.3) is 0 Å². The van der Waals surface area contributed by atoms with Gasteiger partial charge in [-0.25, -0.2) is 9.78 Å². The third-order valence-corrected chi connectivity index (χ3v) is 4.22. The van der Waals surface area contributed by atoms with Gasteiger partial charge in [-0.15, -0.1) is 11.3 Å². The molecule has 0 unspecified atom stereocenters. The number of nitrogens with zero attached hydrogens (tertiary/aromatic N) is 1. The van der Waals surface area contributed by atoms with E-state index in [0.717, 1.165) is 8.81 Å². The molecule has 2 rings (SSSR count). The highest BCUT2D eigenvalue weighted by molar-refractivity contribution is 9.10. The molecule has 0 amide bonds. The highest BCUT2D eigenvalue weighted by Crippen LogP contribution is 2.33.